The first-order valence-corrected chi connectivity index (χ1v) is 9.18. The van der Waals surface area contributed by atoms with E-state index in [1.807, 2.05) is 0 Å². The first-order valence-electron chi connectivity index (χ1n) is 9.18. The van der Waals surface area contributed by atoms with Gasteiger partial charge in [-0.25, -0.2) is 18.3 Å². The van der Waals surface area contributed by atoms with Crippen molar-refractivity contribution in [2.75, 3.05) is 0 Å². The van der Waals surface area contributed by atoms with Crippen molar-refractivity contribution in [3.63, 3.8) is 0 Å². The van der Waals surface area contributed by atoms with Crippen molar-refractivity contribution in [2.24, 2.45) is 0 Å². The molecule has 0 fully saturated rings. The van der Waals surface area contributed by atoms with Crippen molar-refractivity contribution in [2.45, 2.75) is 26.2 Å². The van der Waals surface area contributed by atoms with Crippen LogP contribution in [0.4, 0.5) is 0 Å². The molecule has 0 spiro atoms. The van der Waals surface area contributed by atoms with Crippen molar-refractivity contribution in [1.29, 1.82) is 0 Å². The molecule has 0 N–H and O–H groups in total. The van der Waals surface area contributed by atoms with E-state index in [0.717, 1.165) is 26.2 Å². The number of benzene rings is 2. The van der Waals surface area contributed by atoms with Gasteiger partial charge in [0.05, 0.1) is 0 Å². The quantitative estimate of drug-likeness (QED) is 0.192. The molecule has 6 heteroatoms. The SMILES string of the molecule is [Br-].[Br-].c1ccc2c(c1)Cn1cc[n+]3c1-c1n(cc[n+]1C2)Cc1ccccc1C3. The maximum atomic E-state index is 2.40. The molecule has 4 nitrogen and oxygen atoms in total. The van der Waals surface area contributed by atoms with Crippen molar-refractivity contribution in [3.05, 3.63) is 95.6 Å². The van der Waals surface area contributed by atoms with E-state index in [2.05, 4.69) is 91.6 Å². The molecule has 2 aromatic carbocycles. The van der Waals surface area contributed by atoms with Gasteiger partial charge in [0.25, 0.3) is 0 Å². The molecule has 2 aliphatic heterocycles. The Morgan fingerprint density at radius 2 is 0.964 bits per heavy atom. The standard InChI is InChI=1S/C22H20N4.2BrH/c1-2-6-18-14-24-11-12-26-16-20-8-4-3-7-19(20)15-25-10-9-23(13-17(18)5-1)21(25)22(24)26;;/h1-12H,13-16H2;2*1H/q+2;;/p-2. The van der Waals surface area contributed by atoms with Crippen LogP contribution in [0, 0.1) is 0 Å². The van der Waals surface area contributed by atoms with Gasteiger partial charge >= 0.3 is 11.6 Å². The monoisotopic (exact) mass is 498 g/mol. The molecular formula is C22H20Br2N4. The van der Waals surface area contributed by atoms with E-state index < -0.39 is 0 Å². The molecule has 0 amide bonds. The summed E-state index contributed by atoms with van der Waals surface area (Å²) in [6.07, 6.45) is 8.92. The highest BCUT2D eigenvalue weighted by molar-refractivity contribution is 5.42. The Labute approximate surface area is 185 Å². The maximum absolute atomic E-state index is 2.40. The van der Waals surface area contributed by atoms with Crippen molar-refractivity contribution < 1.29 is 43.1 Å². The minimum Gasteiger partial charge on any atom is -1.00 e. The zero-order chi connectivity index (χ0) is 17.1. The van der Waals surface area contributed by atoms with Crippen LogP contribution >= 0.6 is 0 Å². The lowest BCUT2D eigenvalue weighted by molar-refractivity contribution is -0.707. The van der Waals surface area contributed by atoms with Crippen LogP contribution in [0.3, 0.4) is 0 Å². The second-order valence-electron chi connectivity index (χ2n) is 7.29. The van der Waals surface area contributed by atoms with Gasteiger partial charge in [0.1, 0.15) is 51.0 Å². The van der Waals surface area contributed by atoms with Gasteiger partial charge in [0, 0.05) is 22.3 Å². The predicted molar refractivity (Wildman–Crippen MR) is 97.5 cm³/mol. The predicted octanol–water partition coefficient (Wildman–Crippen LogP) is -3.64. The van der Waals surface area contributed by atoms with Gasteiger partial charge in [-0.05, 0) is 0 Å². The Hall–Kier alpha value is -2.18. The fourth-order valence-corrected chi connectivity index (χ4v) is 4.42. The highest BCUT2D eigenvalue weighted by atomic mass is 79.9. The normalized spacial score (nSPS) is 13.3. The van der Waals surface area contributed by atoms with Gasteiger partial charge in [-0.1, -0.05) is 48.5 Å². The number of hydrogen-bond donors (Lipinski definition) is 0. The molecular weight excluding hydrogens is 480 g/mol. The average Bonchev–Trinajstić information content (AvgIpc) is 3.17. The lowest BCUT2D eigenvalue weighted by Crippen LogP contribution is -3.00. The molecule has 0 saturated carbocycles. The fourth-order valence-electron chi connectivity index (χ4n) is 4.42. The van der Waals surface area contributed by atoms with Crippen LogP contribution in [0.1, 0.15) is 22.3 Å². The number of rotatable bonds is 0. The molecule has 0 unspecified atom stereocenters. The smallest absolute Gasteiger partial charge is 0.373 e. The third-order valence-electron chi connectivity index (χ3n) is 5.74. The van der Waals surface area contributed by atoms with Gasteiger partial charge in [0.2, 0.25) is 0 Å². The molecule has 28 heavy (non-hydrogen) atoms. The summed E-state index contributed by atoms with van der Waals surface area (Å²) in [6, 6.07) is 17.6. The van der Waals surface area contributed by atoms with Crippen molar-refractivity contribution in [1.82, 2.24) is 9.13 Å². The largest absolute Gasteiger partial charge is 1.00 e. The molecule has 0 saturated heterocycles. The zero-order valence-corrected chi connectivity index (χ0v) is 18.5. The van der Waals surface area contributed by atoms with Crippen LogP contribution in [-0.4, -0.2) is 9.13 Å². The van der Waals surface area contributed by atoms with Crippen LogP contribution in [-0.2, 0) is 26.2 Å². The van der Waals surface area contributed by atoms with E-state index in [-0.39, 0.29) is 34.0 Å². The molecule has 4 aromatic rings. The molecule has 6 rings (SSSR count). The van der Waals surface area contributed by atoms with Gasteiger partial charge < -0.3 is 34.0 Å². The lowest BCUT2D eigenvalue weighted by atomic mass is 10.1. The summed E-state index contributed by atoms with van der Waals surface area (Å²) < 4.78 is 9.59. The summed E-state index contributed by atoms with van der Waals surface area (Å²) in [5, 5.41) is 0. The summed E-state index contributed by atoms with van der Waals surface area (Å²) >= 11 is 0. The van der Waals surface area contributed by atoms with E-state index in [1.54, 1.807) is 0 Å². The number of halogens is 2. The third-order valence-corrected chi connectivity index (χ3v) is 5.74. The average molecular weight is 500 g/mol. The van der Waals surface area contributed by atoms with Gasteiger partial charge in [-0.3, -0.25) is 0 Å². The second kappa shape index (κ2) is 7.33. The molecule has 0 bridgehead atoms. The Balaban J connectivity index is 0.000000961. The van der Waals surface area contributed by atoms with Crippen LogP contribution in [0.25, 0.3) is 11.6 Å². The highest BCUT2D eigenvalue weighted by Crippen LogP contribution is 2.24. The molecule has 142 valence electrons. The van der Waals surface area contributed by atoms with Crippen molar-refractivity contribution >= 4 is 0 Å². The Morgan fingerprint density at radius 1 is 0.571 bits per heavy atom. The molecule has 4 heterocycles. The van der Waals surface area contributed by atoms with E-state index >= 15 is 0 Å². The van der Waals surface area contributed by atoms with Crippen molar-refractivity contribution in [3.8, 4) is 11.6 Å². The van der Waals surface area contributed by atoms with E-state index in [9.17, 15) is 0 Å². The molecule has 2 aliphatic rings. The van der Waals surface area contributed by atoms with Crippen LogP contribution in [0.5, 0.6) is 0 Å². The van der Waals surface area contributed by atoms with Crippen LogP contribution in [0.2, 0.25) is 0 Å². The fraction of sp³-hybridized carbons (Fsp3) is 0.182. The summed E-state index contributed by atoms with van der Waals surface area (Å²) in [7, 11) is 0. The Kier molecular flexibility index (Phi) is 5.02. The van der Waals surface area contributed by atoms with E-state index in [4.69, 9.17) is 0 Å². The first-order chi connectivity index (χ1) is 12.9. The summed E-state index contributed by atoms with van der Waals surface area (Å²) in [6.45, 7) is 3.69. The Morgan fingerprint density at radius 3 is 1.39 bits per heavy atom. The van der Waals surface area contributed by atoms with Crippen LogP contribution in [0.15, 0.2) is 73.3 Å². The first kappa shape index (κ1) is 19.2. The van der Waals surface area contributed by atoms with E-state index in [0.29, 0.717) is 0 Å². The number of aromatic nitrogens is 4. The lowest BCUT2D eigenvalue weighted by Gasteiger charge is -2.15. The number of nitrogens with zero attached hydrogens (tertiary/aromatic N) is 4. The molecule has 0 radical (unpaired) electrons. The molecule has 2 aromatic heterocycles. The second-order valence-corrected chi connectivity index (χ2v) is 7.29. The number of imidazole rings is 2. The van der Waals surface area contributed by atoms with Gasteiger partial charge in [0.15, 0.2) is 0 Å². The summed E-state index contributed by atoms with van der Waals surface area (Å²) in [5.41, 5.74) is 5.61. The number of hydrogen-bond acceptors (Lipinski definition) is 0. The zero-order valence-electron chi connectivity index (χ0n) is 15.3. The molecule has 0 aliphatic carbocycles. The highest BCUT2D eigenvalue weighted by Gasteiger charge is 2.36. The third kappa shape index (κ3) is 2.86. The van der Waals surface area contributed by atoms with Crippen LogP contribution < -0.4 is 43.1 Å². The summed E-state index contributed by atoms with van der Waals surface area (Å²) in [5.74, 6) is 2.58. The number of fused-ring (bicyclic) bond motifs is 2. The topological polar surface area (TPSA) is 17.6 Å². The Bertz CT molecular complexity index is 982. The summed E-state index contributed by atoms with van der Waals surface area (Å²) in [4.78, 5) is 0. The van der Waals surface area contributed by atoms with Gasteiger partial charge in [-0.2, -0.15) is 0 Å². The minimum absolute atomic E-state index is 0. The maximum Gasteiger partial charge on any atom is 0.373 e. The molecule has 0 atom stereocenters. The minimum atomic E-state index is 0. The van der Waals surface area contributed by atoms with Gasteiger partial charge in [-0.15, -0.1) is 0 Å². The van der Waals surface area contributed by atoms with E-state index in [1.165, 1.54) is 33.9 Å².